The van der Waals surface area contributed by atoms with Gasteiger partial charge in [-0.25, -0.2) is 4.98 Å². The fourth-order valence-electron chi connectivity index (χ4n) is 3.71. The van der Waals surface area contributed by atoms with Crippen molar-refractivity contribution in [2.75, 3.05) is 18.9 Å². The minimum absolute atomic E-state index is 0.0137. The lowest BCUT2D eigenvalue weighted by Crippen LogP contribution is -2.32. The van der Waals surface area contributed by atoms with Crippen molar-refractivity contribution in [3.8, 4) is 0 Å². The fourth-order valence-corrected chi connectivity index (χ4v) is 6.50. The summed E-state index contributed by atoms with van der Waals surface area (Å²) in [5.41, 5.74) is 2.18. The number of para-hydroxylation sites is 1. The average Bonchev–Trinajstić information content (AvgIpc) is 3.61. The third-order valence-corrected chi connectivity index (χ3v) is 8.60. The number of aromatic nitrogens is 4. The van der Waals surface area contributed by atoms with E-state index in [1.807, 2.05) is 36.4 Å². The van der Waals surface area contributed by atoms with Crippen LogP contribution in [0.3, 0.4) is 0 Å². The van der Waals surface area contributed by atoms with E-state index in [2.05, 4.69) is 38.3 Å². The second kappa shape index (κ2) is 11.4. The summed E-state index contributed by atoms with van der Waals surface area (Å²) in [7, 11) is 0. The molecule has 0 radical (unpaired) electrons. The van der Waals surface area contributed by atoms with E-state index in [1.54, 1.807) is 23.1 Å². The van der Waals surface area contributed by atoms with Crippen molar-refractivity contribution in [1.29, 1.82) is 0 Å². The summed E-state index contributed by atoms with van der Waals surface area (Å²) in [6.45, 7) is 2.01. The van der Waals surface area contributed by atoms with E-state index in [0.717, 1.165) is 40.3 Å². The van der Waals surface area contributed by atoms with Gasteiger partial charge in [-0.2, -0.15) is 0 Å². The Morgan fingerprint density at radius 3 is 2.79 bits per heavy atom. The summed E-state index contributed by atoms with van der Waals surface area (Å²) in [4.78, 5) is 17.1. The quantitative estimate of drug-likeness (QED) is 0.311. The van der Waals surface area contributed by atoms with E-state index in [0.29, 0.717) is 24.6 Å². The first-order valence-electron chi connectivity index (χ1n) is 11.2. The van der Waals surface area contributed by atoms with Crippen molar-refractivity contribution >= 4 is 51.0 Å². The van der Waals surface area contributed by atoms with Gasteiger partial charge < -0.3 is 14.6 Å². The molecule has 3 heterocycles. The molecule has 10 heteroatoms. The molecule has 7 nitrogen and oxygen atoms in total. The van der Waals surface area contributed by atoms with Crippen LogP contribution in [0.1, 0.15) is 24.2 Å². The van der Waals surface area contributed by atoms with E-state index in [-0.39, 0.29) is 12.0 Å². The molecule has 0 spiro atoms. The van der Waals surface area contributed by atoms with Crippen LogP contribution in [0.25, 0.3) is 10.2 Å². The van der Waals surface area contributed by atoms with Gasteiger partial charge in [-0.3, -0.25) is 4.79 Å². The first-order valence-corrected chi connectivity index (χ1v) is 14.0. The van der Waals surface area contributed by atoms with Gasteiger partial charge in [0.25, 0.3) is 0 Å². The molecule has 176 valence electrons. The molecule has 1 atom stereocenters. The van der Waals surface area contributed by atoms with Gasteiger partial charge in [-0.05, 0) is 30.5 Å². The second-order valence-electron chi connectivity index (χ2n) is 7.93. The standard InChI is InChI=1S/C24H25N5O2S3/c30-22(25-13-18-9-6-12-31-18)16-32-23-28-27-21(29(23)14-17-7-2-1-3-8-17)15-33-24-26-19-10-4-5-11-20(19)34-24/h1-5,7-8,10-11,18H,6,9,12-16H2,(H,25,30)/t18-/m1/s1. The number of ether oxygens (including phenoxy) is 1. The highest BCUT2D eigenvalue weighted by Crippen LogP contribution is 2.32. The molecular formula is C24H25N5O2S3. The predicted molar refractivity (Wildman–Crippen MR) is 137 cm³/mol. The summed E-state index contributed by atoms with van der Waals surface area (Å²) in [6, 6.07) is 18.4. The van der Waals surface area contributed by atoms with Crippen molar-refractivity contribution < 1.29 is 9.53 Å². The second-order valence-corrected chi connectivity index (χ2v) is 11.1. The van der Waals surface area contributed by atoms with Gasteiger partial charge in [0.1, 0.15) is 5.82 Å². The maximum absolute atomic E-state index is 12.4. The SMILES string of the molecule is O=C(CSc1nnc(CSc2nc3ccccc3s2)n1Cc1ccccc1)NC[C@H]1CCCO1. The lowest BCUT2D eigenvalue weighted by atomic mass is 10.2. The van der Waals surface area contributed by atoms with E-state index >= 15 is 0 Å². The third-order valence-electron chi connectivity index (χ3n) is 5.46. The van der Waals surface area contributed by atoms with Gasteiger partial charge in [0.15, 0.2) is 9.50 Å². The lowest BCUT2D eigenvalue weighted by molar-refractivity contribution is -0.119. The number of hydrogen-bond acceptors (Lipinski definition) is 8. The Bertz CT molecular complexity index is 1200. The highest BCUT2D eigenvalue weighted by atomic mass is 32.2. The van der Waals surface area contributed by atoms with Crippen molar-refractivity contribution in [3.63, 3.8) is 0 Å². The van der Waals surface area contributed by atoms with Crippen LogP contribution in [0.2, 0.25) is 0 Å². The minimum atomic E-state index is -0.0137. The first kappa shape index (κ1) is 23.3. The number of thioether (sulfide) groups is 2. The van der Waals surface area contributed by atoms with Gasteiger partial charge in [0.05, 0.1) is 34.4 Å². The van der Waals surface area contributed by atoms with Crippen molar-refractivity contribution in [2.24, 2.45) is 0 Å². The Hall–Kier alpha value is -2.40. The summed E-state index contributed by atoms with van der Waals surface area (Å²) >= 11 is 4.77. The molecule has 1 aliphatic rings. The zero-order valence-corrected chi connectivity index (χ0v) is 21.0. The van der Waals surface area contributed by atoms with E-state index < -0.39 is 0 Å². The molecule has 1 amide bonds. The van der Waals surface area contributed by atoms with Gasteiger partial charge in [0.2, 0.25) is 5.91 Å². The van der Waals surface area contributed by atoms with Crippen LogP contribution in [0.4, 0.5) is 0 Å². The van der Waals surface area contributed by atoms with Crippen LogP contribution in [0.15, 0.2) is 64.1 Å². The van der Waals surface area contributed by atoms with Gasteiger partial charge in [0, 0.05) is 13.2 Å². The van der Waals surface area contributed by atoms with Crippen LogP contribution >= 0.6 is 34.9 Å². The maximum atomic E-state index is 12.4. The molecule has 0 unspecified atom stereocenters. The number of amides is 1. The summed E-state index contributed by atoms with van der Waals surface area (Å²) in [5.74, 6) is 1.81. The average molecular weight is 512 g/mol. The molecule has 1 fully saturated rings. The van der Waals surface area contributed by atoms with Crippen LogP contribution < -0.4 is 5.32 Å². The smallest absolute Gasteiger partial charge is 0.230 e. The molecule has 0 bridgehead atoms. The molecule has 2 aromatic heterocycles. The largest absolute Gasteiger partial charge is 0.376 e. The van der Waals surface area contributed by atoms with Crippen LogP contribution in [0, 0.1) is 0 Å². The monoisotopic (exact) mass is 511 g/mol. The predicted octanol–water partition coefficient (Wildman–Crippen LogP) is 4.62. The number of nitrogens with one attached hydrogen (secondary N) is 1. The zero-order valence-electron chi connectivity index (χ0n) is 18.6. The Balaban J connectivity index is 1.26. The zero-order chi connectivity index (χ0) is 23.2. The number of carbonyl (C=O) groups is 1. The molecule has 1 aliphatic heterocycles. The number of nitrogens with zero attached hydrogens (tertiary/aromatic N) is 4. The molecule has 0 saturated carbocycles. The van der Waals surface area contributed by atoms with Crippen molar-refractivity contribution in [2.45, 2.75) is 40.7 Å². The number of thiazole rings is 1. The van der Waals surface area contributed by atoms with E-state index in [4.69, 9.17) is 9.72 Å². The molecule has 1 saturated heterocycles. The molecule has 1 N–H and O–H groups in total. The summed E-state index contributed by atoms with van der Waals surface area (Å²) in [6.07, 6.45) is 2.21. The minimum Gasteiger partial charge on any atom is -0.376 e. The lowest BCUT2D eigenvalue weighted by Gasteiger charge is -2.12. The number of benzene rings is 2. The van der Waals surface area contributed by atoms with Crippen LogP contribution in [-0.2, 0) is 21.8 Å². The van der Waals surface area contributed by atoms with Gasteiger partial charge in [-0.15, -0.1) is 21.5 Å². The molecule has 34 heavy (non-hydrogen) atoms. The molecule has 4 aromatic rings. The van der Waals surface area contributed by atoms with E-state index in [1.165, 1.54) is 22.0 Å². The molecular weight excluding hydrogens is 486 g/mol. The van der Waals surface area contributed by atoms with Crippen LogP contribution in [-0.4, -0.2) is 50.7 Å². The van der Waals surface area contributed by atoms with Crippen molar-refractivity contribution in [1.82, 2.24) is 25.1 Å². The third kappa shape index (κ3) is 5.99. The Kier molecular flexibility index (Phi) is 7.79. The number of rotatable bonds is 10. The van der Waals surface area contributed by atoms with Crippen LogP contribution in [0.5, 0.6) is 0 Å². The highest BCUT2D eigenvalue weighted by Gasteiger charge is 2.18. The van der Waals surface area contributed by atoms with Crippen molar-refractivity contribution in [3.05, 3.63) is 66.0 Å². The highest BCUT2D eigenvalue weighted by molar-refractivity contribution is 8.00. The van der Waals surface area contributed by atoms with E-state index in [9.17, 15) is 4.79 Å². The Labute approximate surface area is 210 Å². The molecule has 0 aliphatic carbocycles. The Morgan fingerprint density at radius 1 is 1.12 bits per heavy atom. The first-order chi connectivity index (χ1) is 16.7. The topological polar surface area (TPSA) is 81.9 Å². The van der Waals surface area contributed by atoms with Gasteiger partial charge >= 0.3 is 0 Å². The maximum Gasteiger partial charge on any atom is 0.230 e. The number of fused-ring (bicyclic) bond motifs is 1. The summed E-state index contributed by atoms with van der Waals surface area (Å²) in [5, 5.41) is 12.6. The molecule has 5 rings (SSSR count). The molecule has 2 aromatic carbocycles. The van der Waals surface area contributed by atoms with Gasteiger partial charge in [-0.1, -0.05) is 66.0 Å². The summed E-state index contributed by atoms with van der Waals surface area (Å²) < 4.78 is 9.88. The Morgan fingerprint density at radius 2 is 1.97 bits per heavy atom. The number of hydrogen-bond donors (Lipinski definition) is 1. The fraction of sp³-hybridized carbons (Fsp3) is 0.333. The number of carbonyl (C=O) groups excluding carboxylic acids is 1. The normalized spacial score (nSPS) is 15.7.